The molecule has 72 valence electrons. The lowest BCUT2D eigenvalue weighted by Crippen LogP contribution is -2.43. The zero-order valence-electron chi connectivity index (χ0n) is 7.92. The van der Waals surface area contributed by atoms with E-state index in [0.717, 1.165) is 44.3 Å². The monoisotopic (exact) mass is 179 g/mol. The quantitative estimate of drug-likeness (QED) is 0.637. The Balaban J connectivity index is 2.12. The highest BCUT2D eigenvalue weighted by molar-refractivity contribution is 5.31. The molecule has 0 spiro atoms. The van der Waals surface area contributed by atoms with E-state index in [1.165, 1.54) is 0 Å². The Hall–Kier alpha value is -0.600. The summed E-state index contributed by atoms with van der Waals surface area (Å²) in [5.74, 6) is 0. The molecule has 2 N–H and O–H groups in total. The third-order valence-corrected chi connectivity index (χ3v) is 2.96. The normalized spacial score (nSPS) is 27.0. The van der Waals surface area contributed by atoms with Crippen LogP contribution in [0.5, 0.6) is 0 Å². The van der Waals surface area contributed by atoms with Gasteiger partial charge in [-0.25, -0.2) is 0 Å². The van der Waals surface area contributed by atoms with Crippen molar-refractivity contribution in [1.82, 2.24) is 5.32 Å². The van der Waals surface area contributed by atoms with E-state index in [9.17, 15) is 5.11 Å². The van der Waals surface area contributed by atoms with E-state index < -0.39 is 5.60 Å². The molecule has 2 heteroatoms. The molecule has 2 aliphatic rings. The van der Waals surface area contributed by atoms with E-state index in [-0.39, 0.29) is 0 Å². The molecule has 0 radical (unpaired) electrons. The minimum absolute atomic E-state index is 0.540. The third-order valence-electron chi connectivity index (χ3n) is 2.96. The Kier molecular flexibility index (Phi) is 2.51. The standard InChI is InChI=1S/C11H17NO/c13-11(6-8-12-9-7-11)10-4-2-1-3-5-10/h2,4-5,12-13H,1,3,6-9H2. The molecule has 0 atom stereocenters. The Morgan fingerprint density at radius 1 is 1.23 bits per heavy atom. The molecule has 13 heavy (non-hydrogen) atoms. The fraction of sp³-hybridized carbons (Fsp3) is 0.636. The predicted octanol–water partition coefficient (Wildman–Crippen LogP) is 1.38. The summed E-state index contributed by atoms with van der Waals surface area (Å²) in [6, 6.07) is 0. The van der Waals surface area contributed by atoms with Gasteiger partial charge in [-0.15, -0.1) is 0 Å². The molecule has 1 aliphatic carbocycles. The molecule has 1 fully saturated rings. The maximum Gasteiger partial charge on any atom is 0.0917 e. The first-order valence-corrected chi connectivity index (χ1v) is 5.12. The molecule has 1 heterocycles. The second kappa shape index (κ2) is 3.64. The molecule has 0 bridgehead atoms. The minimum Gasteiger partial charge on any atom is -0.385 e. The predicted molar refractivity (Wildman–Crippen MR) is 53.5 cm³/mol. The van der Waals surface area contributed by atoms with Gasteiger partial charge in [0.1, 0.15) is 0 Å². The van der Waals surface area contributed by atoms with E-state index in [0.29, 0.717) is 0 Å². The van der Waals surface area contributed by atoms with Gasteiger partial charge in [-0.05, 0) is 44.3 Å². The molecular formula is C11H17NO. The zero-order valence-corrected chi connectivity index (χ0v) is 7.92. The van der Waals surface area contributed by atoms with Gasteiger partial charge in [0, 0.05) is 0 Å². The van der Waals surface area contributed by atoms with Gasteiger partial charge in [-0.1, -0.05) is 18.2 Å². The number of piperidine rings is 1. The van der Waals surface area contributed by atoms with Gasteiger partial charge in [0.05, 0.1) is 5.60 Å². The molecule has 2 rings (SSSR count). The number of rotatable bonds is 1. The van der Waals surface area contributed by atoms with Crippen LogP contribution in [0.4, 0.5) is 0 Å². The maximum absolute atomic E-state index is 10.3. The van der Waals surface area contributed by atoms with Crippen molar-refractivity contribution in [3.05, 3.63) is 23.8 Å². The van der Waals surface area contributed by atoms with Crippen LogP contribution in [0.15, 0.2) is 23.8 Å². The van der Waals surface area contributed by atoms with Gasteiger partial charge >= 0.3 is 0 Å². The Morgan fingerprint density at radius 2 is 2.00 bits per heavy atom. The first-order valence-electron chi connectivity index (χ1n) is 5.12. The summed E-state index contributed by atoms with van der Waals surface area (Å²) < 4.78 is 0. The second-order valence-electron chi connectivity index (χ2n) is 3.92. The van der Waals surface area contributed by atoms with E-state index in [2.05, 4.69) is 23.5 Å². The SMILES string of the molecule is OC1(C2=CCCC=C2)CCNCC1. The third kappa shape index (κ3) is 1.84. The lowest BCUT2D eigenvalue weighted by atomic mass is 9.82. The average molecular weight is 179 g/mol. The maximum atomic E-state index is 10.3. The van der Waals surface area contributed by atoms with Crippen LogP contribution in [0.3, 0.4) is 0 Å². The van der Waals surface area contributed by atoms with Crippen LogP contribution in [-0.2, 0) is 0 Å². The molecule has 0 aromatic carbocycles. The lowest BCUT2D eigenvalue weighted by molar-refractivity contribution is 0.0492. The number of aliphatic hydroxyl groups is 1. The summed E-state index contributed by atoms with van der Waals surface area (Å²) in [4.78, 5) is 0. The van der Waals surface area contributed by atoms with Gasteiger partial charge in [0.15, 0.2) is 0 Å². The topological polar surface area (TPSA) is 32.3 Å². The molecule has 0 aromatic heterocycles. The van der Waals surface area contributed by atoms with Crippen molar-refractivity contribution >= 4 is 0 Å². The zero-order chi connectivity index (χ0) is 9.15. The van der Waals surface area contributed by atoms with Crippen molar-refractivity contribution in [2.24, 2.45) is 0 Å². The van der Waals surface area contributed by atoms with Crippen molar-refractivity contribution < 1.29 is 5.11 Å². The molecule has 1 aliphatic heterocycles. The smallest absolute Gasteiger partial charge is 0.0917 e. The fourth-order valence-corrected chi connectivity index (χ4v) is 2.09. The van der Waals surface area contributed by atoms with Gasteiger partial charge in [-0.3, -0.25) is 0 Å². The first kappa shape index (κ1) is 8.97. The lowest BCUT2D eigenvalue weighted by Gasteiger charge is -2.34. The molecule has 0 unspecified atom stereocenters. The van der Waals surface area contributed by atoms with Crippen LogP contribution in [0.2, 0.25) is 0 Å². The van der Waals surface area contributed by atoms with Gasteiger partial charge in [0.2, 0.25) is 0 Å². The summed E-state index contributed by atoms with van der Waals surface area (Å²) in [6.07, 6.45) is 10.3. The van der Waals surface area contributed by atoms with Crippen LogP contribution in [0.25, 0.3) is 0 Å². The Labute approximate surface area is 79.3 Å². The molecule has 0 aromatic rings. The molecule has 1 saturated heterocycles. The molecule has 0 amide bonds. The van der Waals surface area contributed by atoms with Crippen molar-refractivity contribution in [2.45, 2.75) is 31.3 Å². The second-order valence-corrected chi connectivity index (χ2v) is 3.92. The van der Waals surface area contributed by atoms with Crippen LogP contribution in [0.1, 0.15) is 25.7 Å². The van der Waals surface area contributed by atoms with E-state index in [4.69, 9.17) is 0 Å². The highest BCUT2D eigenvalue weighted by Gasteiger charge is 2.31. The average Bonchev–Trinajstić information content (AvgIpc) is 2.20. The van der Waals surface area contributed by atoms with Crippen LogP contribution >= 0.6 is 0 Å². The Morgan fingerprint density at radius 3 is 2.62 bits per heavy atom. The Bertz CT molecular complexity index is 236. The van der Waals surface area contributed by atoms with Crippen molar-refractivity contribution in [3.8, 4) is 0 Å². The van der Waals surface area contributed by atoms with E-state index in [1.807, 2.05) is 0 Å². The van der Waals surface area contributed by atoms with Crippen LogP contribution in [-0.4, -0.2) is 23.8 Å². The van der Waals surface area contributed by atoms with Crippen molar-refractivity contribution in [2.75, 3.05) is 13.1 Å². The number of nitrogens with one attached hydrogen (secondary N) is 1. The van der Waals surface area contributed by atoms with Gasteiger partial charge in [0.25, 0.3) is 0 Å². The summed E-state index contributed by atoms with van der Waals surface area (Å²) in [5.41, 5.74) is 0.600. The molecule has 2 nitrogen and oxygen atoms in total. The summed E-state index contributed by atoms with van der Waals surface area (Å²) >= 11 is 0. The van der Waals surface area contributed by atoms with E-state index in [1.54, 1.807) is 0 Å². The minimum atomic E-state index is -0.540. The number of allylic oxidation sites excluding steroid dienone is 2. The van der Waals surface area contributed by atoms with Crippen molar-refractivity contribution in [3.63, 3.8) is 0 Å². The van der Waals surface area contributed by atoms with Crippen molar-refractivity contribution in [1.29, 1.82) is 0 Å². The first-order chi connectivity index (χ1) is 6.31. The largest absolute Gasteiger partial charge is 0.385 e. The van der Waals surface area contributed by atoms with Crippen LogP contribution in [0, 0.1) is 0 Å². The van der Waals surface area contributed by atoms with E-state index >= 15 is 0 Å². The fourth-order valence-electron chi connectivity index (χ4n) is 2.09. The van der Waals surface area contributed by atoms with Crippen LogP contribution < -0.4 is 5.32 Å². The van der Waals surface area contributed by atoms with Gasteiger partial charge < -0.3 is 10.4 Å². The molecule has 0 saturated carbocycles. The number of hydrogen-bond donors (Lipinski definition) is 2. The highest BCUT2D eigenvalue weighted by Crippen LogP contribution is 2.30. The molecular weight excluding hydrogens is 162 g/mol. The summed E-state index contributed by atoms with van der Waals surface area (Å²) in [5, 5.41) is 13.6. The van der Waals surface area contributed by atoms with Gasteiger partial charge in [-0.2, -0.15) is 0 Å². The summed E-state index contributed by atoms with van der Waals surface area (Å²) in [7, 11) is 0. The highest BCUT2D eigenvalue weighted by atomic mass is 16.3. The number of hydrogen-bond acceptors (Lipinski definition) is 2. The summed E-state index contributed by atoms with van der Waals surface area (Å²) in [6.45, 7) is 1.86.